The molecule has 21 heavy (non-hydrogen) atoms. The lowest BCUT2D eigenvalue weighted by atomic mass is 9.74. The molecule has 1 heterocycles. The van der Waals surface area contributed by atoms with Crippen LogP contribution in [0.4, 0.5) is 4.39 Å². The molecule has 2 unspecified atom stereocenters. The van der Waals surface area contributed by atoms with E-state index in [1.54, 1.807) is 12.1 Å². The summed E-state index contributed by atoms with van der Waals surface area (Å²) in [5.74, 6) is -0.0871. The van der Waals surface area contributed by atoms with E-state index < -0.39 is 6.10 Å². The average Bonchev–Trinajstić information content (AvgIpc) is 2.50. The number of aliphatic hydroxyl groups is 1. The number of benzene rings is 1. The average molecular weight is 357 g/mol. The Morgan fingerprint density at radius 1 is 1.29 bits per heavy atom. The van der Waals surface area contributed by atoms with Gasteiger partial charge in [-0.05, 0) is 65.2 Å². The van der Waals surface area contributed by atoms with Gasteiger partial charge in [0.2, 0.25) is 0 Å². The maximum atomic E-state index is 13.3. The van der Waals surface area contributed by atoms with Gasteiger partial charge in [-0.1, -0.05) is 25.3 Å². The fraction of sp³-hybridized carbons (Fsp3) is 0.647. The molecule has 116 valence electrons. The number of ether oxygens (including phenoxy) is 1. The number of hydrogen-bond acceptors (Lipinski definition) is 2. The zero-order chi connectivity index (χ0) is 14.9. The first-order valence-corrected chi connectivity index (χ1v) is 8.66. The summed E-state index contributed by atoms with van der Waals surface area (Å²) < 4.78 is 19.8. The van der Waals surface area contributed by atoms with Crippen LogP contribution in [0.5, 0.6) is 0 Å². The zero-order valence-electron chi connectivity index (χ0n) is 12.2. The molecule has 2 atom stereocenters. The maximum Gasteiger partial charge on any atom is 0.137 e. The Balaban J connectivity index is 1.74. The topological polar surface area (TPSA) is 29.5 Å². The number of hydrogen-bond donors (Lipinski definition) is 1. The minimum absolute atomic E-state index is 0.0145. The standard InChI is InChI=1S/C17H22BrFO2/c18-14-10-12(4-5-15(14)19)16(20)13-6-9-21-17(11-13)7-2-1-3-8-17/h4-5,10,13,16,20H,1-3,6-9,11H2. The lowest BCUT2D eigenvalue weighted by molar-refractivity contribution is -0.134. The van der Waals surface area contributed by atoms with Gasteiger partial charge in [0.1, 0.15) is 5.82 Å². The largest absolute Gasteiger partial charge is 0.388 e. The molecule has 1 saturated heterocycles. The highest BCUT2D eigenvalue weighted by atomic mass is 79.9. The third-order valence-corrected chi connectivity index (χ3v) is 5.64. The summed E-state index contributed by atoms with van der Waals surface area (Å²) in [5.41, 5.74) is 0.778. The van der Waals surface area contributed by atoms with Crippen LogP contribution >= 0.6 is 15.9 Å². The van der Waals surface area contributed by atoms with Crippen molar-refractivity contribution in [3.05, 3.63) is 34.1 Å². The van der Waals surface area contributed by atoms with E-state index in [4.69, 9.17) is 4.74 Å². The third kappa shape index (κ3) is 3.33. The number of rotatable bonds is 2. The zero-order valence-corrected chi connectivity index (χ0v) is 13.7. The number of aliphatic hydroxyl groups excluding tert-OH is 1. The van der Waals surface area contributed by atoms with Gasteiger partial charge in [0, 0.05) is 6.61 Å². The summed E-state index contributed by atoms with van der Waals surface area (Å²) in [7, 11) is 0. The van der Waals surface area contributed by atoms with Crippen molar-refractivity contribution >= 4 is 15.9 Å². The van der Waals surface area contributed by atoms with Gasteiger partial charge in [-0.25, -0.2) is 4.39 Å². The minimum Gasteiger partial charge on any atom is -0.388 e. The molecule has 1 N–H and O–H groups in total. The predicted molar refractivity (Wildman–Crippen MR) is 83.6 cm³/mol. The molecule has 1 aliphatic carbocycles. The first-order valence-electron chi connectivity index (χ1n) is 7.87. The summed E-state index contributed by atoms with van der Waals surface area (Å²) in [6.07, 6.45) is 7.23. The lowest BCUT2D eigenvalue weighted by Crippen LogP contribution is -2.42. The van der Waals surface area contributed by atoms with E-state index >= 15 is 0 Å². The summed E-state index contributed by atoms with van der Waals surface area (Å²) in [4.78, 5) is 0. The fourth-order valence-corrected chi connectivity index (χ4v) is 4.24. The minimum atomic E-state index is -0.537. The van der Waals surface area contributed by atoms with E-state index in [0.29, 0.717) is 4.47 Å². The van der Waals surface area contributed by atoms with Crippen molar-refractivity contribution in [2.75, 3.05) is 6.61 Å². The molecule has 2 nitrogen and oxygen atoms in total. The summed E-state index contributed by atoms with van der Waals surface area (Å²) in [6, 6.07) is 4.80. The van der Waals surface area contributed by atoms with E-state index in [9.17, 15) is 9.50 Å². The molecule has 0 radical (unpaired) electrons. The maximum absolute atomic E-state index is 13.3. The van der Waals surface area contributed by atoms with Gasteiger partial charge >= 0.3 is 0 Å². The second kappa shape index (κ2) is 6.35. The van der Waals surface area contributed by atoms with Gasteiger partial charge in [-0.15, -0.1) is 0 Å². The molecule has 4 heteroatoms. The summed E-state index contributed by atoms with van der Waals surface area (Å²) in [6.45, 7) is 0.726. The van der Waals surface area contributed by atoms with Crippen LogP contribution in [0, 0.1) is 11.7 Å². The highest BCUT2D eigenvalue weighted by Crippen LogP contribution is 2.44. The molecule has 1 spiro atoms. The van der Waals surface area contributed by atoms with E-state index in [1.807, 2.05) is 0 Å². The quantitative estimate of drug-likeness (QED) is 0.828. The Morgan fingerprint density at radius 2 is 2.05 bits per heavy atom. The van der Waals surface area contributed by atoms with Crippen LogP contribution in [0.3, 0.4) is 0 Å². The molecule has 3 rings (SSSR count). The monoisotopic (exact) mass is 356 g/mol. The Labute approximate surface area is 133 Å². The van der Waals surface area contributed by atoms with E-state index in [-0.39, 0.29) is 17.3 Å². The highest BCUT2D eigenvalue weighted by Gasteiger charge is 2.40. The van der Waals surface area contributed by atoms with Crippen LogP contribution in [-0.2, 0) is 4.74 Å². The van der Waals surface area contributed by atoms with Crippen molar-refractivity contribution in [1.82, 2.24) is 0 Å². The second-order valence-electron chi connectivity index (χ2n) is 6.46. The SMILES string of the molecule is OC(c1ccc(F)c(Br)c1)C1CCOC2(CCCCC2)C1. The van der Waals surface area contributed by atoms with Crippen molar-refractivity contribution in [3.63, 3.8) is 0 Å². The normalized spacial score (nSPS) is 26.7. The Morgan fingerprint density at radius 3 is 2.76 bits per heavy atom. The van der Waals surface area contributed by atoms with Crippen molar-refractivity contribution in [1.29, 1.82) is 0 Å². The van der Waals surface area contributed by atoms with Crippen molar-refractivity contribution in [2.24, 2.45) is 5.92 Å². The third-order valence-electron chi connectivity index (χ3n) is 5.03. The molecule has 1 saturated carbocycles. The lowest BCUT2D eigenvalue weighted by Gasteiger charge is -2.44. The molecule has 2 fully saturated rings. The molecule has 1 aromatic carbocycles. The van der Waals surface area contributed by atoms with Gasteiger partial charge in [-0.3, -0.25) is 0 Å². The van der Waals surface area contributed by atoms with Gasteiger partial charge in [0.05, 0.1) is 16.2 Å². The molecular formula is C17H22BrFO2. The van der Waals surface area contributed by atoms with Gasteiger partial charge in [0.25, 0.3) is 0 Å². The molecular weight excluding hydrogens is 335 g/mol. The summed E-state index contributed by atoms with van der Waals surface area (Å²) in [5, 5.41) is 10.7. The molecule has 2 aliphatic rings. The Kier molecular flexibility index (Phi) is 4.67. The van der Waals surface area contributed by atoms with E-state index in [2.05, 4.69) is 15.9 Å². The van der Waals surface area contributed by atoms with Crippen LogP contribution < -0.4 is 0 Å². The summed E-state index contributed by atoms with van der Waals surface area (Å²) >= 11 is 3.20. The van der Waals surface area contributed by atoms with Crippen LogP contribution in [-0.4, -0.2) is 17.3 Å². The fourth-order valence-electron chi connectivity index (χ4n) is 3.85. The first-order chi connectivity index (χ1) is 10.1. The molecule has 1 aromatic rings. The van der Waals surface area contributed by atoms with Crippen LogP contribution in [0.2, 0.25) is 0 Å². The van der Waals surface area contributed by atoms with E-state index in [1.165, 1.54) is 25.3 Å². The van der Waals surface area contributed by atoms with Crippen LogP contribution in [0.15, 0.2) is 22.7 Å². The first kappa shape index (κ1) is 15.4. The smallest absolute Gasteiger partial charge is 0.137 e. The van der Waals surface area contributed by atoms with Crippen molar-refractivity contribution < 1.29 is 14.2 Å². The second-order valence-corrected chi connectivity index (χ2v) is 7.32. The number of halogens is 2. The van der Waals surface area contributed by atoms with Gasteiger partial charge < -0.3 is 9.84 Å². The van der Waals surface area contributed by atoms with Gasteiger partial charge in [0.15, 0.2) is 0 Å². The Bertz CT molecular complexity index is 494. The highest BCUT2D eigenvalue weighted by molar-refractivity contribution is 9.10. The van der Waals surface area contributed by atoms with Crippen LogP contribution in [0.1, 0.15) is 56.6 Å². The van der Waals surface area contributed by atoms with Crippen LogP contribution in [0.25, 0.3) is 0 Å². The molecule has 1 aliphatic heterocycles. The van der Waals surface area contributed by atoms with Crippen molar-refractivity contribution in [2.45, 2.75) is 56.7 Å². The van der Waals surface area contributed by atoms with E-state index in [0.717, 1.165) is 37.9 Å². The predicted octanol–water partition coefficient (Wildman–Crippen LogP) is 4.75. The molecule has 0 bridgehead atoms. The van der Waals surface area contributed by atoms with Gasteiger partial charge in [-0.2, -0.15) is 0 Å². The molecule has 0 aromatic heterocycles. The molecule has 0 amide bonds. The van der Waals surface area contributed by atoms with Crippen molar-refractivity contribution in [3.8, 4) is 0 Å². The Hall–Kier alpha value is -0.450.